The molecule has 1 fully saturated rings. The van der Waals surface area contributed by atoms with Crippen molar-refractivity contribution in [3.05, 3.63) is 28.5 Å². The highest BCUT2D eigenvalue weighted by Gasteiger charge is 2.18. The maximum absolute atomic E-state index is 5.81. The Kier molecular flexibility index (Phi) is 5.60. The standard InChI is InChI=1S/C14H21BrN2O/c1-16-13(8-14-4-2-3-5-18-14)7-11-6-12(15)10-17-9-11/h6,9-10,13-14,16H,2-5,7-8H2,1H3. The van der Waals surface area contributed by atoms with Crippen molar-refractivity contribution in [2.45, 2.75) is 44.2 Å². The van der Waals surface area contributed by atoms with E-state index in [4.69, 9.17) is 4.74 Å². The van der Waals surface area contributed by atoms with Gasteiger partial charge in [-0.2, -0.15) is 0 Å². The summed E-state index contributed by atoms with van der Waals surface area (Å²) < 4.78 is 6.85. The molecule has 1 aromatic heterocycles. The highest BCUT2D eigenvalue weighted by atomic mass is 79.9. The predicted molar refractivity (Wildman–Crippen MR) is 76.7 cm³/mol. The summed E-state index contributed by atoms with van der Waals surface area (Å²) in [7, 11) is 2.03. The summed E-state index contributed by atoms with van der Waals surface area (Å²) >= 11 is 3.46. The summed E-state index contributed by atoms with van der Waals surface area (Å²) in [6, 6.07) is 2.60. The first kappa shape index (κ1) is 14.0. The zero-order chi connectivity index (χ0) is 12.8. The third kappa shape index (κ3) is 4.34. The van der Waals surface area contributed by atoms with Crippen molar-refractivity contribution in [1.29, 1.82) is 0 Å². The number of nitrogens with zero attached hydrogens (tertiary/aromatic N) is 1. The van der Waals surface area contributed by atoms with Crippen molar-refractivity contribution in [3.63, 3.8) is 0 Å². The Morgan fingerprint density at radius 2 is 2.39 bits per heavy atom. The first-order chi connectivity index (χ1) is 8.78. The smallest absolute Gasteiger partial charge is 0.0590 e. The minimum atomic E-state index is 0.427. The lowest BCUT2D eigenvalue weighted by atomic mass is 9.97. The number of hydrogen-bond acceptors (Lipinski definition) is 3. The molecule has 3 nitrogen and oxygen atoms in total. The molecule has 100 valence electrons. The van der Waals surface area contributed by atoms with Gasteiger partial charge >= 0.3 is 0 Å². The first-order valence-electron chi connectivity index (χ1n) is 6.66. The largest absolute Gasteiger partial charge is 0.378 e. The topological polar surface area (TPSA) is 34.2 Å². The van der Waals surface area contributed by atoms with Crippen LogP contribution in [0.15, 0.2) is 22.9 Å². The van der Waals surface area contributed by atoms with Gasteiger partial charge in [0.2, 0.25) is 0 Å². The minimum Gasteiger partial charge on any atom is -0.378 e. The summed E-state index contributed by atoms with van der Waals surface area (Å²) in [5.74, 6) is 0. The van der Waals surface area contributed by atoms with E-state index in [1.807, 2.05) is 19.4 Å². The lowest BCUT2D eigenvalue weighted by Crippen LogP contribution is -2.34. The van der Waals surface area contributed by atoms with E-state index in [1.54, 1.807) is 0 Å². The van der Waals surface area contributed by atoms with Crippen molar-refractivity contribution in [2.24, 2.45) is 0 Å². The number of ether oxygens (including phenoxy) is 1. The van der Waals surface area contributed by atoms with Crippen LogP contribution in [0.25, 0.3) is 0 Å². The summed E-state index contributed by atoms with van der Waals surface area (Å²) in [5.41, 5.74) is 1.26. The third-order valence-corrected chi connectivity index (χ3v) is 3.91. The van der Waals surface area contributed by atoms with Gasteiger partial charge < -0.3 is 10.1 Å². The van der Waals surface area contributed by atoms with E-state index in [0.717, 1.165) is 23.9 Å². The maximum Gasteiger partial charge on any atom is 0.0590 e. The molecule has 4 heteroatoms. The van der Waals surface area contributed by atoms with Gasteiger partial charge in [-0.25, -0.2) is 0 Å². The zero-order valence-corrected chi connectivity index (χ0v) is 12.4. The molecule has 2 atom stereocenters. The number of rotatable bonds is 5. The van der Waals surface area contributed by atoms with E-state index < -0.39 is 0 Å². The van der Waals surface area contributed by atoms with E-state index in [1.165, 1.54) is 24.8 Å². The molecule has 1 aliphatic heterocycles. The Balaban J connectivity index is 1.88. The molecule has 1 aromatic rings. The van der Waals surface area contributed by atoms with Gasteiger partial charge in [0.25, 0.3) is 0 Å². The van der Waals surface area contributed by atoms with Crippen molar-refractivity contribution < 1.29 is 4.74 Å². The highest BCUT2D eigenvalue weighted by molar-refractivity contribution is 9.10. The van der Waals surface area contributed by atoms with E-state index in [0.29, 0.717) is 12.1 Å². The van der Waals surface area contributed by atoms with E-state index in [2.05, 4.69) is 32.3 Å². The monoisotopic (exact) mass is 312 g/mol. The first-order valence-corrected chi connectivity index (χ1v) is 7.45. The fraction of sp³-hybridized carbons (Fsp3) is 0.643. The molecule has 2 unspecified atom stereocenters. The van der Waals surface area contributed by atoms with Crippen LogP contribution in [0.3, 0.4) is 0 Å². The molecule has 0 amide bonds. The van der Waals surface area contributed by atoms with Crippen molar-refractivity contribution in [3.8, 4) is 0 Å². The Hall–Kier alpha value is -0.450. The molecular formula is C14H21BrN2O. The fourth-order valence-corrected chi connectivity index (χ4v) is 2.88. The summed E-state index contributed by atoms with van der Waals surface area (Å²) in [6.45, 7) is 0.930. The van der Waals surface area contributed by atoms with E-state index >= 15 is 0 Å². The molecule has 2 rings (SSSR count). The average molecular weight is 313 g/mol. The van der Waals surface area contributed by atoms with Crippen LogP contribution in [0, 0.1) is 0 Å². The summed E-state index contributed by atoms with van der Waals surface area (Å²) in [5, 5.41) is 3.39. The maximum atomic E-state index is 5.81. The van der Waals surface area contributed by atoms with Gasteiger partial charge in [0.1, 0.15) is 0 Å². The van der Waals surface area contributed by atoms with E-state index in [-0.39, 0.29) is 0 Å². The Labute approximate surface area is 117 Å². The van der Waals surface area contributed by atoms with Crippen molar-refractivity contribution >= 4 is 15.9 Å². The average Bonchev–Trinajstić information content (AvgIpc) is 2.39. The predicted octanol–water partition coefficient (Wildman–Crippen LogP) is 2.93. The number of hydrogen-bond donors (Lipinski definition) is 1. The lowest BCUT2D eigenvalue weighted by molar-refractivity contribution is 0.00568. The van der Waals surface area contributed by atoms with Crippen LogP contribution in [0.2, 0.25) is 0 Å². The molecular weight excluding hydrogens is 292 g/mol. The molecule has 0 bridgehead atoms. The zero-order valence-electron chi connectivity index (χ0n) is 10.9. The number of pyridine rings is 1. The molecule has 0 spiro atoms. The normalized spacial score (nSPS) is 21.8. The van der Waals surface area contributed by atoms with Gasteiger partial charge in [-0.05, 0) is 66.7 Å². The van der Waals surface area contributed by atoms with Gasteiger partial charge in [-0.15, -0.1) is 0 Å². The third-order valence-electron chi connectivity index (χ3n) is 3.47. The molecule has 0 aromatic carbocycles. The van der Waals surface area contributed by atoms with Crippen LogP contribution in [0.1, 0.15) is 31.2 Å². The molecule has 1 saturated heterocycles. The molecule has 18 heavy (non-hydrogen) atoms. The molecule has 0 radical (unpaired) electrons. The Bertz CT molecular complexity index is 367. The quantitative estimate of drug-likeness (QED) is 0.907. The van der Waals surface area contributed by atoms with Gasteiger partial charge in [0.15, 0.2) is 0 Å². The van der Waals surface area contributed by atoms with Gasteiger partial charge in [0.05, 0.1) is 6.10 Å². The van der Waals surface area contributed by atoms with E-state index in [9.17, 15) is 0 Å². The second-order valence-corrected chi connectivity index (χ2v) is 5.84. The van der Waals surface area contributed by atoms with Crippen LogP contribution < -0.4 is 5.32 Å². The fourth-order valence-electron chi connectivity index (χ4n) is 2.47. The number of likely N-dealkylation sites (N-methyl/N-ethyl adjacent to an activating group) is 1. The number of nitrogens with one attached hydrogen (secondary N) is 1. The SMILES string of the molecule is CNC(Cc1cncc(Br)c1)CC1CCCCO1. The number of aromatic nitrogens is 1. The highest BCUT2D eigenvalue weighted by Crippen LogP contribution is 2.19. The molecule has 1 aliphatic rings. The van der Waals surface area contributed by atoms with Crippen LogP contribution in [-0.4, -0.2) is 30.8 Å². The molecule has 1 N–H and O–H groups in total. The van der Waals surface area contributed by atoms with Gasteiger partial charge in [-0.3, -0.25) is 4.98 Å². The minimum absolute atomic E-state index is 0.427. The molecule has 2 heterocycles. The van der Waals surface area contributed by atoms with Crippen LogP contribution in [0.4, 0.5) is 0 Å². The Morgan fingerprint density at radius 3 is 3.06 bits per heavy atom. The van der Waals surface area contributed by atoms with Crippen LogP contribution in [0.5, 0.6) is 0 Å². The van der Waals surface area contributed by atoms with Crippen LogP contribution >= 0.6 is 15.9 Å². The molecule has 0 saturated carbocycles. The second kappa shape index (κ2) is 7.22. The van der Waals surface area contributed by atoms with Crippen LogP contribution in [-0.2, 0) is 11.2 Å². The summed E-state index contributed by atoms with van der Waals surface area (Å²) in [6.07, 6.45) is 10.0. The Morgan fingerprint density at radius 1 is 1.50 bits per heavy atom. The molecule has 0 aliphatic carbocycles. The lowest BCUT2D eigenvalue weighted by Gasteiger charge is -2.26. The number of halogens is 1. The van der Waals surface area contributed by atoms with Crippen molar-refractivity contribution in [1.82, 2.24) is 10.3 Å². The van der Waals surface area contributed by atoms with Gasteiger partial charge in [-0.1, -0.05) is 0 Å². The summed E-state index contributed by atoms with van der Waals surface area (Å²) in [4.78, 5) is 4.21. The van der Waals surface area contributed by atoms with Crippen molar-refractivity contribution in [2.75, 3.05) is 13.7 Å². The van der Waals surface area contributed by atoms with Gasteiger partial charge in [0, 0.05) is 29.5 Å². The second-order valence-electron chi connectivity index (χ2n) is 4.93.